The smallest absolute Gasteiger partial charge is 0.343 e. The average molecular weight is 581 g/mol. The molecule has 7 N–H and O–H groups in total. The van der Waals surface area contributed by atoms with Crippen LogP contribution >= 0.6 is 7.67 Å². The lowest BCUT2D eigenvalue weighted by Crippen LogP contribution is -2.41. The summed E-state index contributed by atoms with van der Waals surface area (Å²) >= 11 is 0. The van der Waals surface area contributed by atoms with Gasteiger partial charge >= 0.3 is 13.4 Å². The van der Waals surface area contributed by atoms with Crippen molar-refractivity contribution in [1.82, 2.24) is 38.8 Å². The number of aliphatic hydroxyl groups excluding tert-OH is 1. The minimum Gasteiger partial charge on any atom is -0.394 e. The summed E-state index contributed by atoms with van der Waals surface area (Å²) in [4.78, 5) is 38.8. The van der Waals surface area contributed by atoms with Gasteiger partial charge in [0.25, 0.3) is 5.56 Å². The number of ether oxygens (including phenoxy) is 2. The van der Waals surface area contributed by atoms with E-state index >= 15 is 0 Å². The molecule has 17 nitrogen and oxygen atoms in total. The van der Waals surface area contributed by atoms with E-state index in [1.807, 2.05) is 0 Å². The highest BCUT2D eigenvalue weighted by Gasteiger charge is 2.43. The number of imidazole rings is 1. The van der Waals surface area contributed by atoms with Gasteiger partial charge in [-0.15, -0.1) is 0 Å². The monoisotopic (exact) mass is 580 g/mol. The molecule has 18 heteroatoms. The molecule has 2 aliphatic rings. The van der Waals surface area contributed by atoms with E-state index in [0.717, 1.165) is 0 Å². The number of aromatic amines is 1. The number of aliphatic hydroxyl groups is 1. The first kappa shape index (κ1) is 28.5. The van der Waals surface area contributed by atoms with Crippen molar-refractivity contribution in [2.24, 2.45) is 5.73 Å². The summed E-state index contributed by atoms with van der Waals surface area (Å²) in [5, 5.41) is 12.9. The molecule has 0 radical (unpaired) electrons. The van der Waals surface area contributed by atoms with Crippen LogP contribution < -0.4 is 27.8 Å². The molecule has 0 saturated carbocycles. The topological polar surface area (TPSA) is 231 Å². The molecular formula is C22H33N10O7P. The van der Waals surface area contributed by atoms with Crippen molar-refractivity contribution in [3.63, 3.8) is 0 Å². The molecule has 2 aliphatic heterocycles. The van der Waals surface area contributed by atoms with Gasteiger partial charge in [-0.25, -0.2) is 29.5 Å². The fourth-order valence-electron chi connectivity index (χ4n) is 4.82. The zero-order valence-corrected chi connectivity index (χ0v) is 23.1. The highest BCUT2D eigenvalue weighted by atomic mass is 31.2. The largest absolute Gasteiger partial charge is 0.394 e. The number of hydrogen-bond donors (Lipinski definition) is 5. The minimum absolute atomic E-state index is 0.0940. The Hall–Kier alpha value is -3.02. The molecule has 0 aromatic carbocycles. The number of rotatable bonds is 9. The predicted octanol–water partition coefficient (Wildman–Crippen LogP) is -1.19. The number of aryl methyl sites for hydroxylation is 1. The number of nitrogens with one attached hydrogen (secondary N) is 2. The summed E-state index contributed by atoms with van der Waals surface area (Å²) in [6.45, 7) is 1.07. The maximum Gasteiger partial charge on any atom is 0.343 e. The van der Waals surface area contributed by atoms with Crippen molar-refractivity contribution in [3.8, 4) is 0 Å². The second kappa shape index (κ2) is 11.1. The van der Waals surface area contributed by atoms with E-state index in [-0.39, 0.29) is 18.8 Å². The van der Waals surface area contributed by atoms with E-state index < -0.39 is 62.3 Å². The number of aromatic nitrogens is 6. The van der Waals surface area contributed by atoms with Crippen LogP contribution in [0.15, 0.2) is 28.4 Å². The number of anilines is 1. The standard InChI is InChI=1S/C22H33N10O7P/c1-11-6-31(22(35)28-21(11)34)17-5-13(14(7-33)38-17)29-40(36,30(2)3)37-8-15-12(23)4-16(39-15)32-10-27-18-19(24)25-9-26-20(18)32/h6,9-10,12-17,33H,4-5,7-8,23H2,1-3H3,(H,29,36)(H2,24,25,26)(H,28,34,35). The molecule has 0 amide bonds. The van der Waals surface area contributed by atoms with Crippen LogP contribution in [0.3, 0.4) is 0 Å². The molecule has 3 aromatic heterocycles. The fourth-order valence-corrected chi connectivity index (χ4v) is 6.40. The molecule has 7 unspecified atom stereocenters. The Morgan fingerprint density at radius 3 is 2.65 bits per heavy atom. The molecule has 40 heavy (non-hydrogen) atoms. The molecular weight excluding hydrogens is 547 g/mol. The summed E-state index contributed by atoms with van der Waals surface area (Å²) in [6, 6.07) is -1.08. The zero-order chi connectivity index (χ0) is 28.8. The molecule has 2 saturated heterocycles. The quantitative estimate of drug-likeness (QED) is 0.187. The van der Waals surface area contributed by atoms with Gasteiger partial charge in [0.2, 0.25) is 0 Å². The van der Waals surface area contributed by atoms with Crippen molar-refractivity contribution in [3.05, 3.63) is 45.3 Å². The van der Waals surface area contributed by atoms with Crippen LogP contribution in [0.5, 0.6) is 0 Å². The molecule has 0 spiro atoms. The lowest BCUT2D eigenvalue weighted by atomic mass is 10.1. The maximum absolute atomic E-state index is 13.9. The van der Waals surface area contributed by atoms with Crippen LogP contribution in [0.1, 0.15) is 30.9 Å². The summed E-state index contributed by atoms with van der Waals surface area (Å²) in [7, 11) is -0.511. The van der Waals surface area contributed by atoms with Gasteiger partial charge in [0.15, 0.2) is 11.5 Å². The number of fused-ring (bicyclic) bond motifs is 1. The Kier molecular flexibility index (Phi) is 7.91. The SMILES string of the molecule is Cc1cn(C2CC(NP(=O)(OCC3OC(n4cnc5c(N)ncnc54)CC3N)N(C)C)C(CO)O2)c(=O)[nH]c1=O. The second-order valence-electron chi connectivity index (χ2n) is 10.0. The van der Waals surface area contributed by atoms with Crippen molar-refractivity contribution < 1.29 is 23.7 Å². The van der Waals surface area contributed by atoms with Crippen LogP contribution in [0.25, 0.3) is 11.2 Å². The summed E-state index contributed by atoms with van der Waals surface area (Å²) in [5.74, 6) is 0.254. The Labute approximate surface area is 228 Å². The number of H-pyrrole nitrogens is 1. The van der Waals surface area contributed by atoms with Crippen molar-refractivity contribution in [2.75, 3.05) is 33.0 Å². The van der Waals surface area contributed by atoms with Crippen LogP contribution in [-0.2, 0) is 18.6 Å². The summed E-state index contributed by atoms with van der Waals surface area (Å²) < 4.78 is 36.2. The molecule has 218 valence electrons. The van der Waals surface area contributed by atoms with Gasteiger partial charge in [0.05, 0.1) is 31.7 Å². The summed E-state index contributed by atoms with van der Waals surface area (Å²) in [6.07, 6.45) is 2.22. The van der Waals surface area contributed by atoms with Crippen molar-refractivity contribution in [1.29, 1.82) is 0 Å². The third kappa shape index (κ3) is 5.34. The highest BCUT2D eigenvalue weighted by molar-refractivity contribution is 7.54. The summed E-state index contributed by atoms with van der Waals surface area (Å²) in [5.41, 5.74) is 12.4. The van der Waals surface area contributed by atoms with Gasteiger partial charge < -0.3 is 30.6 Å². The first-order valence-electron chi connectivity index (χ1n) is 12.6. The molecule has 2 fully saturated rings. The molecule has 5 rings (SSSR count). The Morgan fingerprint density at radius 1 is 1.20 bits per heavy atom. The third-order valence-electron chi connectivity index (χ3n) is 7.12. The van der Waals surface area contributed by atoms with Gasteiger partial charge in [-0.2, -0.15) is 0 Å². The number of nitrogen functional groups attached to an aromatic ring is 1. The van der Waals surface area contributed by atoms with Crippen molar-refractivity contribution >= 4 is 24.7 Å². The first-order chi connectivity index (χ1) is 19.0. The van der Waals surface area contributed by atoms with E-state index in [0.29, 0.717) is 23.1 Å². The van der Waals surface area contributed by atoms with Crippen LogP contribution in [-0.4, -0.2) is 90.4 Å². The average Bonchev–Trinajstić information content (AvgIpc) is 3.62. The molecule has 7 atom stereocenters. The van der Waals surface area contributed by atoms with E-state index in [4.69, 9.17) is 25.5 Å². The number of nitrogens with two attached hydrogens (primary N) is 2. The normalized spacial score (nSPS) is 28.4. The lowest BCUT2D eigenvalue weighted by Gasteiger charge is -2.30. The Morgan fingerprint density at radius 2 is 1.93 bits per heavy atom. The minimum atomic E-state index is -3.69. The van der Waals surface area contributed by atoms with Gasteiger partial charge in [0.1, 0.15) is 24.3 Å². The molecule has 3 aromatic rings. The zero-order valence-electron chi connectivity index (χ0n) is 22.2. The fraction of sp³-hybridized carbons (Fsp3) is 0.591. The third-order valence-corrected chi connectivity index (χ3v) is 9.33. The van der Waals surface area contributed by atoms with E-state index in [9.17, 15) is 19.3 Å². The molecule has 0 bridgehead atoms. The van der Waals surface area contributed by atoms with Gasteiger partial charge in [-0.1, -0.05) is 0 Å². The first-order valence-corrected chi connectivity index (χ1v) is 14.2. The molecule has 0 aliphatic carbocycles. The Balaban J connectivity index is 1.27. The maximum atomic E-state index is 13.9. The van der Waals surface area contributed by atoms with E-state index in [1.165, 1.54) is 21.8 Å². The Bertz CT molecular complexity index is 1540. The number of nitrogens with zero attached hydrogens (tertiary/aromatic N) is 6. The van der Waals surface area contributed by atoms with Crippen LogP contribution in [0.2, 0.25) is 0 Å². The lowest BCUT2D eigenvalue weighted by molar-refractivity contribution is -0.0290. The van der Waals surface area contributed by atoms with E-state index in [2.05, 4.69) is 25.0 Å². The van der Waals surface area contributed by atoms with Gasteiger partial charge in [-0.05, 0) is 21.0 Å². The number of hydrogen-bond acceptors (Lipinski definition) is 12. The van der Waals surface area contributed by atoms with Gasteiger partial charge in [0, 0.05) is 36.7 Å². The molecule has 5 heterocycles. The van der Waals surface area contributed by atoms with Crippen LogP contribution in [0, 0.1) is 6.92 Å². The van der Waals surface area contributed by atoms with Crippen LogP contribution in [0.4, 0.5) is 5.82 Å². The van der Waals surface area contributed by atoms with Gasteiger partial charge in [-0.3, -0.25) is 23.5 Å². The van der Waals surface area contributed by atoms with Crippen molar-refractivity contribution in [2.45, 2.75) is 56.5 Å². The highest BCUT2D eigenvalue weighted by Crippen LogP contribution is 2.48. The van der Waals surface area contributed by atoms with E-state index in [1.54, 1.807) is 31.9 Å². The predicted molar refractivity (Wildman–Crippen MR) is 142 cm³/mol. The second-order valence-corrected chi connectivity index (χ2v) is 12.4.